The first kappa shape index (κ1) is 21.7. The van der Waals surface area contributed by atoms with Gasteiger partial charge in [0.15, 0.2) is 5.17 Å². The van der Waals surface area contributed by atoms with Gasteiger partial charge in [0.2, 0.25) is 0 Å². The molecule has 0 aliphatic carbocycles. The molecule has 5 nitrogen and oxygen atoms in total. The largest absolute Gasteiger partial charge is 0.385 e. The van der Waals surface area contributed by atoms with Crippen LogP contribution in [-0.4, -0.2) is 49.3 Å². The van der Waals surface area contributed by atoms with Crippen molar-refractivity contribution in [1.82, 2.24) is 4.90 Å². The van der Waals surface area contributed by atoms with Crippen LogP contribution in [0.4, 0.5) is 11.4 Å². The number of carbonyl (C=O) groups excluding carboxylic acids is 1. The number of para-hydroxylation sites is 1. The average Bonchev–Trinajstić information content (AvgIpc) is 3.10. The first-order chi connectivity index (χ1) is 15.2. The van der Waals surface area contributed by atoms with Crippen molar-refractivity contribution < 1.29 is 9.53 Å². The second-order valence-corrected chi connectivity index (χ2v) is 8.79. The highest BCUT2D eigenvalue weighted by Gasteiger charge is 2.33. The van der Waals surface area contributed by atoms with Crippen molar-refractivity contribution in [3.63, 3.8) is 0 Å². The smallest absolute Gasteiger partial charge is 0.266 e. The Labute approximate surface area is 188 Å². The molecule has 0 spiro atoms. The van der Waals surface area contributed by atoms with Crippen LogP contribution in [0.15, 0.2) is 64.5 Å². The molecule has 0 unspecified atom stereocenters. The summed E-state index contributed by atoms with van der Waals surface area (Å²) < 4.78 is 5.17. The average molecular weight is 436 g/mol. The molecule has 0 aromatic heterocycles. The van der Waals surface area contributed by atoms with Crippen molar-refractivity contribution in [3.8, 4) is 0 Å². The Bertz CT molecular complexity index is 935. The molecule has 6 heteroatoms. The fourth-order valence-electron chi connectivity index (χ4n) is 3.85. The number of aliphatic imine (C=N–C) groups is 1. The summed E-state index contributed by atoms with van der Waals surface area (Å²) in [6.07, 6.45) is 6.60. The zero-order chi connectivity index (χ0) is 21.5. The van der Waals surface area contributed by atoms with Crippen LogP contribution in [0, 0.1) is 0 Å². The van der Waals surface area contributed by atoms with E-state index in [0.717, 1.165) is 35.9 Å². The third-order valence-electron chi connectivity index (χ3n) is 5.51. The molecule has 2 fully saturated rings. The van der Waals surface area contributed by atoms with E-state index in [2.05, 4.69) is 29.2 Å². The molecular formula is C25H29N3O2S. The predicted octanol–water partition coefficient (Wildman–Crippen LogP) is 5.32. The van der Waals surface area contributed by atoms with Crippen molar-refractivity contribution in [2.24, 2.45) is 4.99 Å². The van der Waals surface area contributed by atoms with E-state index in [-0.39, 0.29) is 5.91 Å². The number of hydrogen-bond acceptors (Lipinski definition) is 5. The van der Waals surface area contributed by atoms with Gasteiger partial charge in [0.25, 0.3) is 5.91 Å². The first-order valence-corrected chi connectivity index (χ1v) is 11.8. The van der Waals surface area contributed by atoms with Gasteiger partial charge >= 0.3 is 0 Å². The number of rotatable bonds is 7. The zero-order valence-electron chi connectivity index (χ0n) is 18.0. The van der Waals surface area contributed by atoms with Gasteiger partial charge in [0.05, 0.1) is 10.6 Å². The molecule has 2 heterocycles. The van der Waals surface area contributed by atoms with Crippen LogP contribution in [0.5, 0.6) is 0 Å². The van der Waals surface area contributed by atoms with E-state index in [1.165, 1.54) is 36.7 Å². The van der Waals surface area contributed by atoms with Crippen LogP contribution in [0.3, 0.4) is 0 Å². The number of ether oxygens (including phenoxy) is 1. The van der Waals surface area contributed by atoms with Crippen LogP contribution >= 0.6 is 11.8 Å². The highest BCUT2D eigenvalue weighted by molar-refractivity contribution is 8.18. The Kier molecular flexibility index (Phi) is 7.43. The minimum Gasteiger partial charge on any atom is -0.385 e. The van der Waals surface area contributed by atoms with Gasteiger partial charge in [-0.15, -0.1) is 0 Å². The number of amidine groups is 1. The van der Waals surface area contributed by atoms with E-state index in [4.69, 9.17) is 9.73 Å². The number of thioether (sulfide) groups is 1. The lowest BCUT2D eigenvalue weighted by atomic mass is 10.1. The van der Waals surface area contributed by atoms with E-state index in [1.54, 1.807) is 12.0 Å². The monoisotopic (exact) mass is 435 g/mol. The zero-order valence-corrected chi connectivity index (χ0v) is 18.8. The van der Waals surface area contributed by atoms with Gasteiger partial charge in [-0.25, -0.2) is 4.99 Å². The molecule has 2 aromatic rings. The summed E-state index contributed by atoms with van der Waals surface area (Å²) in [4.78, 5) is 22.8. The van der Waals surface area contributed by atoms with E-state index in [0.29, 0.717) is 18.1 Å². The Morgan fingerprint density at radius 2 is 1.77 bits per heavy atom. The van der Waals surface area contributed by atoms with Gasteiger partial charge in [-0.05, 0) is 73.4 Å². The number of hydrogen-bond donors (Lipinski definition) is 0. The molecule has 4 rings (SSSR count). The van der Waals surface area contributed by atoms with Gasteiger partial charge in [0, 0.05) is 39.0 Å². The molecule has 2 aromatic carbocycles. The normalized spacial score (nSPS) is 19.6. The van der Waals surface area contributed by atoms with E-state index >= 15 is 0 Å². The van der Waals surface area contributed by atoms with Gasteiger partial charge in [-0.2, -0.15) is 0 Å². The summed E-state index contributed by atoms with van der Waals surface area (Å²) >= 11 is 1.44. The molecule has 2 aliphatic rings. The molecule has 31 heavy (non-hydrogen) atoms. The molecule has 2 aliphatic heterocycles. The quantitative estimate of drug-likeness (QED) is 0.436. The Balaban J connectivity index is 1.53. The lowest BCUT2D eigenvalue weighted by molar-refractivity contribution is -0.122. The Morgan fingerprint density at radius 1 is 1.03 bits per heavy atom. The van der Waals surface area contributed by atoms with Crippen molar-refractivity contribution in [1.29, 1.82) is 0 Å². The van der Waals surface area contributed by atoms with Crippen molar-refractivity contribution in [3.05, 3.63) is 65.1 Å². The third kappa shape index (κ3) is 5.57. The minimum absolute atomic E-state index is 0.0101. The molecule has 1 amide bonds. The standard InChI is InChI=1S/C25H29N3O2S/c1-30-18-8-17-28-24(29)23(31-25(28)26-21-9-4-2-5-10-21)19-20-11-13-22(14-12-20)27-15-6-3-7-16-27/h2,4-5,9-14,19H,3,6-8,15-18H2,1H3/b23-19-,26-25?. The van der Waals surface area contributed by atoms with Crippen molar-refractivity contribution in [2.75, 3.05) is 38.3 Å². The molecule has 0 radical (unpaired) electrons. The maximum absolute atomic E-state index is 13.1. The number of benzene rings is 2. The number of anilines is 1. The fraction of sp³-hybridized carbons (Fsp3) is 0.360. The van der Waals surface area contributed by atoms with Crippen LogP contribution in [0.1, 0.15) is 31.2 Å². The molecule has 0 atom stereocenters. The summed E-state index contributed by atoms with van der Waals surface area (Å²) in [7, 11) is 1.68. The second-order valence-electron chi connectivity index (χ2n) is 7.78. The topological polar surface area (TPSA) is 45.1 Å². The second kappa shape index (κ2) is 10.6. The summed E-state index contributed by atoms with van der Waals surface area (Å²) in [5.41, 5.74) is 3.15. The van der Waals surface area contributed by atoms with E-state index in [9.17, 15) is 4.79 Å². The van der Waals surface area contributed by atoms with Crippen LogP contribution in [0.25, 0.3) is 6.08 Å². The van der Waals surface area contributed by atoms with Crippen molar-refractivity contribution in [2.45, 2.75) is 25.7 Å². The summed E-state index contributed by atoms with van der Waals surface area (Å²) in [6.45, 7) is 3.47. The summed E-state index contributed by atoms with van der Waals surface area (Å²) in [5.74, 6) is 0.0101. The van der Waals surface area contributed by atoms with E-state index in [1.807, 2.05) is 36.4 Å². The maximum Gasteiger partial charge on any atom is 0.266 e. The minimum atomic E-state index is 0.0101. The predicted molar refractivity (Wildman–Crippen MR) is 130 cm³/mol. The Hall–Kier alpha value is -2.57. The fourth-order valence-corrected chi connectivity index (χ4v) is 4.88. The lowest BCUT2D eigenvalue weighted by Crippen LogP contribution is -2.30. The van der Waals surface area contributed by atoms with Gasteiger partial charge in [-0.3, -0.25) is 9.69 Å². The number of methoxy groups -OCH3 is 1. The van der Waals surface area contributed by atoms with Gasteiger partial charge < -0.3 is 9.64 Å². The highest BCUT2D eigenvalue weighted by Crippen LogP contribution is 2.34. The molecule has 162 valence electrons. The number of nitrogens with zero attached hydrogens (tertiary/aromatic N) is 3. The number of carbonyl (C=O) groups is 1. The SMILES string of the molecule is COCCCN1C(=O)/C(=C/c2ccc(N3CCCCC3)cc2)SC1=Nc1ccccc1. The van der Waals surface area contributed by atoms with Crippen LogP contribution < -0.4 is 4.90 Å². The Morgan fingerprint density at radius 3 is 2.48 bits per heavy atom. The van der Waals surface area contributed by atoms with Crippen LogP contribution in [0.2, 0.25) is 0 Å². The van der Waals surface area contributed by atoms with Gasteiger partial charge in [-0.1, -0.05) is 30.3 Å². The summed E-state index contributed by atoms with van der Waals surface area (Å²) in [6, 6.07) is 18.3. The molecule has 0 bridgehead atoms. The third-order valence-corrected chi connectivity index (χ3v) is 6.52. The maximum atomic E-state index is 13.1. The number of amides is 1. The lowest BCUT2D eigenvalue weighted by Gasteiger charge is -2.28. The molecular weight excluding hydrogens is 406 g/mol. The van der Waals surface area contributed by atoms with Crippen LogP contribution in [-0.2, 0) is 9.53 Å². The van der Waals surface area contributed by atoms with E-state index < -0.39 is 0 Å². The highest BCUT2D eigenvalue weighted by atomic mass is 32.2. The van der Waals surface area contributed by atoms with Gasteiger partial charge in [0.1, 0.15) is 0 Å². The molecule has 2 saturated heterocycles. The molecule has 0 N–H and O–H groups in total. The van der Waals surface area contributed by atoms with Crippen molar-refractivity contribution >= 4 is 40.3 Å². The summed E-state index contributed by atoms with van der Waals surface area (Å²) in [5, 5.41) is 0.725. The number of piperidine rings is 1. The first-order valence-electron chi connectivity index (χ1n) is 10.9. The molecule has 0 saturated carbocycles.